The van der Waals surface area contributed by atoms with Crippen molar-refractivity contribution in [1.82, 2.24) is 0 Å². The first-order valence-electron chi connectivity index (χ1n) is 22.5. The molecule has 0 saturated carbocycles. The minimum atomic E-state index is -0.226. The van der Waals surface area contributed by atoms with Crippen LogP contribution in [-0.4, -0.2) is 0 Å². The van der Waals surface area contributed by atoms with Crippen LogP contribution in [0.15, 0.2) is 237 Å². The van der Waals surface area contributed by atoms with Crippen LogP contribution in [0.2, 0.25) is 0 Å². The molecular weight excluding hydrogens is 773 g/mol. The Kier molecular flexibility index (Phi) is 9.74. The van der Waals surface area contributed by atoms with Gasteiger partial charge in [0.2, 0.25) is 0 Å². The fraction of sp³-hybridized carbons (Fsp3) is 0.0968. The summed E-state index contributed by atoms with van der Waals surface area (Å²) in [5.74, 6) is 0. The van der Waals surface area contributed by atoms with Gasteiger partial charge in [0.1, 0.15) is 0 Å². The molecular formula is C62H50N2. The molecule has 2 heteroatoms. The van der Waals surface area contributed by atoms with Crippen molar-refractivity contribution in [2.45, 2.75) is 38.0 Å². The van der Waals surface area contributed by atoms with Gasteiger partial charge in [0.05, 0.1) is 11.4 Å². The molecule has 0 amide bonds. The van der Waals surface area contributed by atoms with Crippen molar-refractivity contribution < 1.29 is 0 Å². The summed E-state index contributed by atoms with van der Waals surface area (Å²) in [6.45, 7) is 7.29. The van der Waals surface area contributed by atoms with Crippen molar-refractivity contribution in [2.75, 3.05) is 9.80 Å². The standard InChI is InChI=1S/C62H50N2/c1-61(2)43-62(3,50-32-38-53(39-33-50)63(59-26-14-22-48-20-10-12-24-55(48)59)51-34-28-46(29-35-51)44-16-6-4-7-17-44)58-42-54(40-41-57(58)61)64(60-27-15-23-49-21-11-13-25-56(49)60)52-36-30-47(31-37-52)45-18-8-5-9-19-45/h4-42H,43H2,1-3H3. The van der Waals surface area contributed by atoms with Gasteiger partial charge in [0.25, 0.3) is 0 Å². The Morgan fingerprint density at radius 2 is 0.719 bits per heavy atom. The molecule has 0 spiro atoms. The summed E-state index contributed by atoms with van der Waals surface area (Å²) in [5, 5.41) is 4.89. The van der Waals surface area contributed by atoms with E-state index < -0.39 is 0 Å². The van der Waals surface area contributed by atoms with E-state index in [-0.39, 0.29) is 10.8 Å². The maximum Gasteiger partial charge on any atom is 0.0540 e. The number of anilines is 6. The van der Waals surface area contributed by atoms with Gasteiger partial charge in [-0.2, -0.15) is 0 Å². The molecule has 1 unspecified atom stereocenters. The lowest BCUT2D eigenvalue weighted by atomic mass is 9.75. The van der Waals surface area contributed by atoms with Crippen LogP contribution in [0.25, 0.3) is 43.8 Å². The summed E-state index contributed by atoms with van der Waals surface area (Å²) in [6, 6.07) is 86.7. The smallest absolute Gasteiger partial charge is 0.0540 e. The minimum absolute atomic E-state index is 0.0155. The van der Waals surface area contributed by atoms with Gasteiger partial charge in [0, 0.05) is 38.9 Å². The predicted octanol–water partition coefficient (Wildman–Crippen LogP) is 17.3. The molecule has 0 saturated heterocycles. The monoisotopic (exact) mass is 822 g/mol. The quantitative estimate of drug-likeness (QED) is 0.143. The van der Waals surface area contributed by atoms with Gasteiger partial charge >= 0.3 is 0 Å². The molecule has 0 radical (unpaired) electrons. The highest BCUT2D eigenvalue weighted by molar-refractivity contribution is 6.00. The van der Waals surface area contributed by atoms with Crippen LogP contribution in [-0.2, 0) is 10.8 Å². The fourth-order valence-corrected chi connectivity index (χ4v) is 10.6. The Bertz CT molecular complexity index is 3250. The molecule has 0 aromatic heterocycles. The number of hydrogen-bond acceptors (Lipinski definition) is 2. The molecule has 10 aromatic rings. The molecule has 0 bridgehead atoms. The molecule has 1 aliphatic carbocycles. The van der Waals surface area contributed by atoms with Gasteiger partial charge in [-0.3, -0.25) is 0 Å². The van der Waals surface area contributed by atoms with E-state index in [1.165, 1.54) is 66.2 Å². The van der Waals surface area contributed by atoms with E-state index in [1.807, 2.05) is 0 Å². The van der Waals surface area contributed by atoms with Gasteiger partial charge in [0.15, 0.2) is 0 Å². The number of nitrogens with zero attached hydrogens (tertiary/aromatic N) is 2. The van der Waals surface area contributed by atoms with E-state index in [2.05, 4.69) is 267 Å². The fourth-order valence-electron chi connectivity index (χ4n) is 10.6. The highest BCUT2D eigenvalue weighted by Crippen LogP contribution is 2.55. The van der Waals surface area contributed by atoms with Gasteiger partial charge in [-0.1, -0.05) is 197 Å². The van der Waals surface area contributed by atoms with Crippen molar-refractivity contribution in [3.63, 3.8) is 0 Å². The molecule has 10 aromatic carbocycles. The maximum atomic E-state index is 2.49. The van der Waals surface area contributed by atoms with Crippen molar-refractivity contribution in [2.24, 2.45) is 0 Å². The second-order valence-corrected chi connectivity index (χ2v) is 18.2. The second kappa shape index (κ2) is 15.9. The normalized spacial score (nSPS) is 15.2. The van der Waals surface area contributed by atoms with E-state index >= 15 is 0 Å². The molecule has 0 N–H and O–H groups in total. The first kappa shape index (κ1) is 39.2. The molecule has 0 heterocycles. The zero-order valence-corrected chi connectivity index (χ0v) is 36.6. The Morgan fingerprint density at radius 1 is 0.328 bits per heavy atom. The summed E-state index contributed by atoms with van der Waals surface area (Å²) in [4.78, 5) is 4.87. The third-order valence-corrected chi connectivity index (χ3v) is 13.6. The van der Waals surface area contributed by atoms with Gasteiger partial charge in [-0.05, 0) is 122 Å². The molecule has 11 rings (SSSR count). The van der Waals surface area contributed by atoms with Crippen LogP contribution in [0.1, 0.15) is 43.9 Å². The summed E-state index contributed by atoms with van der Waals surface area (Å²) < 4.78 is 0. The first-order chi connectivity index (χ1) is 31.3. The Hall–Kier alpha value is -7.68. The van der Waals surface area contributed by atoms with Crippen LogP contribution >= 0.6 is 0 Å². The van der Waals surface area contributed by atoms with E-state index in [0.29, 0.717) is 0 Å². The van der Waals surface area contributed by atoms with Gasteiger partial charge in [-0.25, -0.2) is 0 Å². The van der Waals surface area contributed by atoms with Crippen molar-refractivity contribution >= 4 is 55.7 Å². The highest BCUT2D eigenvalue weighted by Gasteiger charge is 2.46. The lowest BCUT2D eigenvalue weighted by Crippen LogP contribution is -2.23. The third kappa shape index (κ3) is 6.93. The number of benzene rings is 10. The average molecular weight is 823 g/mol. The third-order valence-electron chi connectivity index (χ3n) is 13.6. The van der Waals surface area contributed by atoms with Crippen LogP contribution in [0.3, 0.4) is 0 Å². The second-order valence-electron chi connectivity index (χ2n) is 18.2. The Morgan fingerprint density at radius 3 is 1.22 bits per heavy atom. The number of rotatable bonds is 9. The lowest BCUT2D eigenvalue weighted by Gasteiger charge is -2.32. The van der Waals surface area contributed by atoms with Crippen molar-refractivity contribution in [3.05, 3.63) is 253 Å². The van der Waals surface area contributed by atoms with E-state index in [4.69, 9.17) is 0 Å². The van der Waals surface area contributed by atoms with Crippen LogP contribution in [0.5, 0.6) is 0 Å². The molecule has 1 atom stereocenters. The van der Waals surface area contributed by atoms with Gasteiger partial charge < -0.3 is 9.80 Å². The largest absolute Gasteiger partial charge is 0.310 e. The minimum Gasteiger partial charge on any atom is -0.310 e. The summed E-state index contributed by atoms with van der Waals surface area (Å²) >= 11 is 0. The van der Waals surface area contributed by atoms with Crippen LogP contribution < -0.4 is 9.80 Å². The van der Waals surface area contributed by atoms with E-state index in [1.54, 1.807) is 0 Å². The molecule has 2 nitrogen and oxygen atoms in total. The number of hydrogen-bond donors (Lipinski definition) is 0. The topological polar surface area (TPSA) is 6.48 Å². The first-order valence-corrected chi connectivity index (χ1v) is 22.5. The molecule has 308 valence electrons. The lowest BCUT2D eigenvalue weighted by molar-refractivity contribution is 0.425. The van der Waals surface area contributed by atoms with E-state index in [0.717, 1.165) is 34.9 Å². The molecule has 0 fully saturated rings. The predicted molar refractivity (Wildman–Crippen MR) is 272 cm³/mol. The molecule has 1 aliphatic rings. The summed E-state index contributed by atoms with van der Waals surface area (Å²) in [5.41, 5.74) is 15.6. The molecule has 64 heavy (non-hydrogen) atoms. The van der Waals surface area contributed by atoms with Crippen molar-refractivity contribution in [1.29, 1.82) is 0 Å². The number of fused-ring (bicyclic) bond motifs is 3. The Labute approximate surface area is 377 Å². The van der Waals surface area contributed by atoms with Crippen LogP contribution in [0, 0.1) is 0 Å². The van der Waals surface area contributed by atoms with Crippen molar-refractivity contribution in [3.8, 4) is 22.3 Å². The average Bonchev–Trinajstić information content (AvgIpc) is 3.57. The Balaban J connectivity index is 1.01. The SMILES string of the molecule is CC1(C)CC(C)(c2ccc(N(c3ccc(-c4ccccc4)cc3)c3cccc4ccccc34)cc2)c2cc(N(c3ccc(-c4ccccc4)cc3)c3cccc4ccccc34)ccc21. The van der Waals surface area contributed by atoms with Gasteiger partial charge in [-0.15, -0.1) is 0 Å². The summed E-state index contributed by atoms with van der Waals surface area (Å²) in [6.07, 6.45) is 1.01. The zero-order valence-electron chi connectivity index (χ0n) is 36.6. The van der Waals surface area contributed by atoms with E-state index in [9.17, 15) is 0 Å². The maximum absolute atomic E-state index is 2.49. The summed E-state index contributed by atoms with van der Waals surface area (Å²) in [7, 11) is 0. The molecule has 0 aliphatic heterocycles. The van der Waals surface area contributed by atoms with Crippen LogP contribution in [0.4, 0.5) is 34.1 Å². The highest BCUT2D eigenvalue weighted by atomic mass is 15.1. The zero-order chi connectivity index (χ0) is 43.3.